The summed E-state index contributed by atoms with van der Waals surface area (Å²) in [6.07, 6.45) is -3.25. The molecule has 4 rings (SSSR count). The largest absolute Gasteiger partial charge is 0.422 e. The fourth-order valence-electron chi connectivity index (χ4n) is 4.98. The van der Waals surface area contributed by atoms with Gasteiger partial charge in [0.15, 0.2) is 5.83 Å². The van der Waals surface area contributed by atoms with Crippen molar-refractivity contribution in [1.29, 1.82) is 0 Å². The number of alkyl halides is 3. The maximum Gasteiger partial charge on any atom is 0.422 e. The minimum atomic E-state index is -5.11. The fourth-order valence-corrected chi connectivity index (χ4v) is 4.98. The lowest BCUT2D eigenvalue weighted by molar-refractivity contribution is -0.142. The van der Waals surface area contributed by atoms with Gasteiger partial charge in [-0.05, 0) is 72.6 Å². The Morgan fingerprint density at radius 2 is 1.50 bits per heavy atom. The Bertz CT molecular complexity index is 1330. The van der Waals surface area contributed by atoms with E-state index < -0.39 is 40.8 Å². The van der Waals surface area contributed by atoms with Gasteiger partial charge in [-0.25, -0.2) is 22.0 Å². The molecule has 1 aliphatic heterocycles. The van der Waals surface area contributed by atoms with Crippen molar-refractivity contribution in [3.63, 3.8) is 0 Å². The van der Waals surface area contributed by atoms with Crippen molar-refractivity contribution in [3.05, 3.63) is 100 Å². The first-order valence-electron chi connectivity index (χ1n) is 13.1. The molecule has 1 fully saturated rings. The molecule has 1 nitrogen and oxygen atoms in total. The fraction of sp³-hybridized carbons (Fsp3) is 0.355. The number of rotatable bonds is 8. The average Bonchev–Trinajstić information content (AvgIpc) is 2.91. The lowest BCUT2D eigenvalue weighted by Gasteiger charge is -2.30. The molecule has 3 aromatic rings. The van der Waals surface area contributed by atoms with Crippen LogP contribution in [-0.2, 0) is 17.3 Å². The highest BCUT2D eigenvalue weighted by atomic mass is 19.4. The molecular weight excluding hydrogens is 540 g/mol. The predicted molar refractivity (Wildman–Crippen MR) is 137 cm³/mol. The number of aryl methyl sites for hydroxylation is 1. The summed E-state index contributed by atoms with van der Waals surface area (Å²) in [5.41, 5.74) is 0.0246. The molecule has 1 saturated heterocycles. The number of hydrogen-bond donors (Lipinski definition) is 0. The summed E-state index contributed by atoms with van der Waals surface area (Å²) in [6.45, 7) is 1.98. The molecule has 0 radical (unpaired) electrons. The molecule has 0 saturated carbocycles. The summed E-state index contributed by atoms with van der Waals surface area (Å²) < 4.78 is 115. The Kier molecular flexibility index (Phi) is 9.33. The normalized spacial score (nSPS) is 18.5. The molecule has 9 heteroatoms. The van der Waals surface area contributed by atoms with Crippen LogP contribution in [0.3, 0.4) is 0 Å². The van der Waals surface area contributed by atoms with Crippen molar-refractivity contribution in [2.24, 2.45) is 0 Å². The lowest BCUT2D eigenvalue weighted by atomic mass is 9.88. The summed E-state index contributed by atoms with van der Waals surface area (Å²) in [6, 6.07) is 12.3. The van der Waals surface area contributed by atoms with Crippen LogP contribution < -0.4 is 0 Å². The van der Waals surface area contributed by atoms with Gasteiger partial charge in [0.1, 0.15) is 28.8 Å². The van der Waals surface area contributed by atoms with Crippen LogP contribution in [0.2, 0.25) is 0 Å². The molecule has 0 aliphatic carbocycles. The van der Waals surface area contributed by atoms with Crippen molar-refractivity contribution in [3.8, 4) is 11.1 Å². The van der Waals surface area contributed by atoms with Crippen molar-refractivity contribution in [2.75, 3.05) is 6.61 Å². The van der Waals surface area contributed by atoms with Gasteiger partial charge < -0.3 is 4.74 Å². The van der Waals surface area contributed by atoms with Crippen LogP contribution in [0, 0.1) is 17.5 Å². The van der Waals surface area contributed by atoms with E-state index in [0.717, 1.165) is 0 Å². The summed E-state index contributed by atoms with van der Waals surface area (Å²) in [5, 5.41) is 0. The van der Waals surface area contributed by atoms with Crippen LogP contribution in [-0.4, -0.2) is 12.7 Å². The van der Waals surface area contributed by atoms with Gasteiger partial charge >= 0.3 is 6.18 Å². The molecule has 0 N–H and O–H groups in total. The van der Waals surface area contributed by atoms with E-state index in [0.29, 0.717) is 54.5 Å². The zero-order valence-corrected chi connectivity index (χ0v) is 21.7. The lowest BCUT2D eigenvalue weighted by Crippen LogP contribution is -2.25. The minimum Gasteiger partial charge on any atom is -0.378 e. The molecule has 0 bridgehead atoms. The van der Waals surface area contributed by atoms with Gasteiger partial charge in [0, 0.05) is 17.9 Å². The van der Waals surface area contributed by atoms with E-state index in [4.69, 9.17) is 4.74 Å². The smallest absolute Gasteiger partial charge is 0.378 e. The van der Waals surface area contributed by atoms with Crippen molar-refractivity contribution < 1.29 is 39.9 Å². The van der Waals surface area contributed by atoms with Gasteiger partial charge in [-0.2, -0.15) is 13.2 Å². The summed E-state index contributed by atoms with van der Waals surface area (Å²) in [4.78, 5) is 0. The van der Waals surface area contributed by atoms with Gasteiger partial charge in [-0.1, -0.05) is 43.3 Å². The number of hydrogen-bond acceptors (Lipinski definition) is 1. The highest BCUT2D eigenvalue weighted by Gasteiger charge is 2.38. The molecule has 1 heterocycles. The predicted octanol–water partition coefficient (Wildman–Crippen LogP) is 10.1. The molecule has 0 spiro atoms. The third-order valence-electron chi connectivity index (χ3n) is 7.13. The number of allylic oxidation sites excluding steroid dienone is 1. The molecule has 1 aliphatic rings. The second-order valence-corrected chi connectivity index (χ2v) is 9.98. The number of ether oxygens (including phenoxy) is 1. The van der Waals surface area contributed by atoms with E-state index in [9.17, 15) is 30.7 Å². The van der Waals surface area contributed by atoms with Crippen LogP contribution in [0.25, 0.3) is 17.0 Å². The topological polar surface area (TPSA) is 9.23 Å². The first kappa shape index (κ1) is 29.8. The van der Waals surface area contributed by atoms with Gasteiger partial charge in [0.2, 0.25) is 0 Å². The van der Waals surface area contributed by atoms with Crippen LogP contribution in [0.5, 0.6) is 0 Å². The Hall–Kier alpha value is -3.20. The first-order chi connectivity index (χ1) is 19.0. The van der Waals surface area contributed by atoms with Crippen molar-refractivity contribution in [2.45, 2.75) is 63.6 Å². The van der Waals surface area contributed by atoms with Gasteiger partial charge in [-0.15, -0.1) is 0 Å². The maximum absolute atomic E-state index is 15.1. The zero-order chi connectivity index (χ0) is 29.0. The van der Waals surface area contributed by atoms with Gasteiger partial charge in [0.05, 0.1) is 12.7 Å². The second-order valence-electron chi connectivity index (χ2n) is 9.98. The first-order valence-corrected chi connectivity index (χ1v) is 13.1. The van der Waals surface area contributed by atoms with Crippen molar-refractivity contribution >= 4 is 5.83 Å². The highest BCUT2D eigenvalue weighted by molar-refractivity contribution is 5.68. The molecule has 2 unspecified atom stereocenters. The van der Waals surface area contributed by atoms with E-state index in [2.05, 4.69) is 0 Å². The SMILES string of the molecule is CCCC(F)=C(F)c1ccc(-c2ccc(C3CCC(CCc4cc(F)c(C(F)(F)F)c(F)c4)OC3)c(F)c2)cc1. The molecule has 0 aromatic heterocycles. The Balaban J connectivity index is 1.35. The zero-order valence-electron chi connectivity index (χ0n) is 21.7. The Morgan fingerprint density at radius 1 is 0.850 bits per heavy atom. The maximum atomic E-state index is 15.1. The van der Waals surface area contributed by atoms with Crippen LogP contribution in [0.4, 0.5) is 35.1 Å². The second kappa shape index (κ2) is 12.5. The monoisotopic (exact) mass is 568 g/mol. The summed E-state index contributed by atoms with van der Waals surface area (Å²) in [5.74, 6) is -5.63. The summed E-state index contributed by atoms with van der Waals surface area (Å²) in [7, 11) is 0. The quantitative estimate of drug-likeness (QED) is 0.246. The minimum absolute atomic E-state index is 0.0189. The third kappa shape index (κ3) is 6.92. The van der Waals surface area contributed by atoms with Crippen LogP contribution in [0.1, 0.15) is 67.2 Å². The molecule has 2 atom stereocenters. The van der Waals surface area contributed by atoms with E-state index in [1.807, 2.05) is 0 Å². The molecule has 0 amide bonds. The van der Waals surface area contributed by atoms with Crippen molar-refractivity contribution in [1.82, 2.24) is 0 Å². The number of halogens is 8. The van der Waals surface area contributed by atoms with Crippen LogP contribution >= 0.6 is 0 Å². The third-order valence-corrected chi connectivity index (χ3v) is 7.13. The standard InChI is InChI=1S/C31H28F8O/c1-2-3-25(32)30(36)20-7-5-19(6-8-20)21-10-13-24(26(33)16-21)22-9-12-23(40-17-22)11-4-18-14-27(34)29(28(35)15-18)31(37,38)39/h5-8,10,13-16,22-23H,2-4,9,11-12,17H2,1H3. The Morgan fingerprint density at radius 3 is 2.05 bits per heavy atom. The van der Waals surface area contributed by atoms with Gasteiger partial charge in [-0.3, -0.25) is 0 Å². The van der Waals surface area contributed by atoms with E-state index in [1.165, 1.54) is 18.2 Å². The van der Waals surface area contributed by atoms with E-state index in [-0.39, 0.29) is 42.6 Å². The number of benzene rings is 3. The Labute approximate surface area is 227 Å². The van der Waals surface area contributed by atoms with E-state index >= 15 is 4.39 Å². The molecular formula is C31H28F8O. The molecule has 214 valence electrons. The van der Waals surface area contributed by atoms with Gasteiger partial charge in [0.25, 0.3) is 0 Å². The average molecular weight is 569 g/mol. The van der Waals surface area contributed by atoms with Crippen LogP contribution in [0.15, 0.2) is 60.4 Å². The molecule has 3 aromatic carbocycles. The molecule has 40 heavy (non-hydrogen) atoms. The van der Waals surface area contributed by atoms with E-state index in [1.54, 1.807) is 31.2 Å². The summed E-state index contributed by atoms with van der Waals surface area (Å²) >= 11 is 0. The highest BCUT2D eigenvalue weighted by Crippen LogP contribution is 2.36.